The van der Waals surface area contributed by atoms with E-state index in [0.717, 1.165) is 22.7 Å². The zero-order valence-corrected chi connectivity index (χ0v) is 11.3. The first kappa shape index (κ1) is 12.5. The van der Waals surface area contributed by atoms with E-state index in [-0.39, 0.29) is 0 Å². The third kappa shape index (κ3) is 2.82. The van der Waals surface area contributed by atoms with Crippen molar-refractivity contribution in [1.82, 2.24) is 10.3 Å². The minimum atomic E-state index is 0.443. The molecule has 1 aromatic heterocycles. The largest absolute Gasteiger partial charge is 0.431 e. The number of rotatable bonds is 5. The Kier molecular flexibility index (Phi) is 4.07. The Morgan fingerprint density at radius 1 is 1.41 bits per heavy atom. The zero-order valence-electron chi connectivity index (χ0n) is 10.4. The zero-order chi connectivity index (χ0) is 12.3. The molecule has 2 aromatic rings. The van der Waals surface area contributed by atoms with Gasteiger partial charge in [0.2, 0.25) is 0 Å². The minimum absolute atomic E-state index is 0.443. The van der Waals surface area contributed by atoms with Gasteiger partial charge >= 0.3 is 0 Å². The molecule has 0 saturated heterocycles. The van der Waals surface area contributed by atoms with Gasteiger partial charge in [-0.3, -0.25) is 0 Å². The molecule has 0 saturated carbocycles. The van der Waals surface area contributed by atoms with Crippen LogP contribution < -0.4 is 5.32 Å². The molecule has 3 nitrogen and oxygen atoms in total. The van der Waals surface area contributed by atoms with E-state index in [4.69, 9.17) is 4.42 Å². The summed E-state index contributed by atoms with van der Waals surface area (Å²) < 4.78 is 5.70. The summed E-state index contributed by atoms with van der Waals surface area (Å²) in [4.78, 5) is 4.47. The molecule has 4 heteroatoms. The van der Waals surface area contributed by atoms with Gasteiger partial charge in [-0.05, 0) is 25.6 Å². The molecule has 0 amide bonds. The maximum Gasteiger partial charge on any atom is 0.257 e. The second-order valence-corrected chi connectivity index (χ2v) is 5.40. The fourth-order valence-corrected chi connectivity index (χ4v) is 3.01. The quantitative estimate of drug-likeness (QED) is 0.826. The molecule has 0 spiro atoms. The summed E-state index contributed by atoms with van der Waals surface area (Å²) in [5.41, 5.74) is 1.79. The lowest BCUT2D eigenvalue weighted by molar-refractivity contribution is 0.482. The molecule has 17 heavy (non-hydrogen) atoms. The highest BCUT2D eigenvalue weighted by Crippen LogP contribution is 2.28. The smallest absolute Gasteiger partial charge is 0.257 e. The number of fused-ring (bicyclic) bond motifs is 1. The van der Waals surface area contributed by atoms with Crippen molar-refractivity contribution in [2.24, 2.45) is 0 Å². The van der Waals surface area contributed by atoms with Gasteiger partial charge in [-0.2, -0.15) is 0 Å². The molecule has 2 atom stereocenters. The molecular formula is C13H18N2OS. The third-order valence-corrected chi connectivity index (χ3v) is 4.01. The van der Waals surface area contributed by atoms with E-state index >= 15 is 0 Å². The number of para-hydroxylation sites is 2. The highest BCUT2D eigenvalue weighted by molar-refractivity contribution is 7.99. The summed E-state index contributed by atoms with van der Waals surface area (Å²) in [6.45, 7) is 4.38. The van der Waals surface area contributed by atoms with E-state index in [1.807, 2.05) is 31.3 Å². The fraction of sp³-hybridized carbons (Fsp3) is 0.462. The van der Waals surface area contributed by atoms with E-state index < -0.39 is 0 Å². The van der Waals surface area contributed by atoms with Crippen molar-refractivity contribution in [3.05, 3.63) is 24.3 Å². The van der Waals surface area contributed by atoms with E-state index in [0.29, 0.717) is 11.3 Å². The van der Waals surface area contributed by atoms with E-state index in [1.54, 1.807) is 11.8 Å². The first-order chi connectivity index (χ1) is 8.24. The summed E-state index contributed by atoms with van der Waals surface area (Å²) in [6.07, 6.45) is 1.10. The lowest BCUT2D eigenvalue weighted by Gasteiger charge is -2.19. The van der Waals surface area contributed by atoms with Gasteiger partial charge in [-0.15, -0.1) is 0 Å². The van der Waals surface area contributed by atoms with Crippen LogP contribution in [0.2, 0.25) is 0 Å². The SMILES string of the molecule is CCC(NC)C(C)Sc1nc2ccccc2o1. The molecule has 2 rings (SSSR count). The van der Waals surface area contributed by atoms with Crippen molar-refractivity contribution >= 4 is 22.9 Å². The molecule has 0 radical (unpaired) electrons. The van der Waals surface area contributed by atoms with Crippen LogP contribution >= 0.6 is 11.8 Å². The number of nitrogens with one attached hydrogen (secondary N) is 1. The second kappa shape index (κ2) is 5.56. The van der Waals surface area contributed by atoms with Crippen LogP contribution in [0, 0.1) is 0 Å². The van der Waals surface area contributed by atoms with Gasteiger partial charge in [0.1, 0.15) is 5.52 Å². The van der Waals surface area contributed by atoms with Crippen molar-refractivity contribution in [2.45, 2.75) is 36.8 Å². The van der Waals surface area contributed by atoms with Crippen molar-refractivity contribution in [3.63, 3.8) is 0 Å². The maximum atomic E-state index is 5.70. The van der Waals surface area contributed by atoms with E-state index in [1.165, 1.54) is 0 Å². The van der Waals surface area contributed by atoms with E-state index in [2.05, 4.69) is 24.1 Å². The summed E-state index contributed by atoms with van der Waals surface area (Å²) >= 11 is 1.69. The van der Waals surface area contributed by atoms with E-state index in [9.17, 15) is 0 Å². The van der Waals surface area contributed by atoms with Crippen LogP contribution in [-0.4, -0.2) is 23.3 Å². The summed E-state index contributed by atoms with van der Waals surface area (Å²) in [5.74, 6) is 0. The van der Waals surface area contributed by atoms with Crippen LogP contribution in [0.1, 0.15) is 20.3 Å². The number of nitrogens with zero attached hydrogens (tertiary/aromatic N) is 1. The number of hydrogen-bond donors (Lipinski definition) is 1. The first-order valence-corrected chi connectivity index (χ1v) is 6.82. The average molecular weight is 250 g/mol. The predicted molar refractivity (Wildman–Crippen MR) is 72.5 cm³/mol. The molecule has 1 N–H and O–H groups in total. The molecule has 0 fully saturated rings. The lowest BCUT2D eigenvalue weighted by Crippen LogP contribution is -2.33. The summed E-state index contributed by atoms with van der Waals surface area (Å²) in [5, 5.41) is 4.51. The Labute approximate surface area is 106 Å². The van der Waals surface area contributed by atoms with Gasteiger partial charge in [0.15, 0.2) is 5.58 Å². The molecular weight excluding hydrogens is 232 g/mol. The lowest BCUT2D eigenvalue weighted by atomic mass is 10.2. The third-order valence-electron chi connectivity index (χ3n) is 2.94. The number of oxazole rings is 1. The van der Waals surface area contributed by atoms with Crippen molar-refractivity contribution < 1.29 is 4.42 Å². The molecule has 1 heterocycles. The van der Waals surface area contributed by atoms with Gasteiger partial charge in [-0.25, -0.2) is 4.98 Å². The Bertz CT molecular complexity index is 446. The normalized spacial score (nSPS) is 15.0. The summed E-state index contributed by atoms with van der Waals surface area (Å²) in [6, 6.07) is 8.35. The van der Waals surface area contributed by atoms with Gasteiger partial charge in [0.25, 0.3) is 5.22 Å². The second-order valence-electron chi connectivity index (χ2n) is 4.07. The first-order valence-electron chi connectivity index (χ1n) is 5.94. The minimum Gasteiger partial charge on any atom is -0.431 e. The van der Waals surface area contributed by atoms with Gasteiger partial charge in [-0.1, -0.05) is 37.7 Å². The molecule has 0 aliphatic heterocycles. The number of hydrogen-bond acceptors (Lipinski definition) is 4. The van der Waals surface area contributed by atoms with Gasteiger partial charge < -0.3 is 9.73 Å². The molecule has 2 unspecified atom stereocenters. The highest BCUT2D eigenvalue weighted by Gasteiger charge is 2.17. The van der Waals surface area contributed by atoms with Crippen molar-refractivity contribution in [1.29, 1.82) is 0 Å². The van der Waals surface area contributed by atoms with Crippen LogP contribution in [-0.2, 0) is 0 Å². The molecule has 0 aliphatic carbocycles. The molecule has 0 aliphatic rings. The standard InChI is InChI=1S/C13H18N2OS/c1-4-10(14-3)9(2)17-13-15-11-7-5-6-8-12(11)16-13/h5-10,14H,4H2,1-3H3. The monoisotopic (exact) mass is 250 g/mol. The Balaban J connectivity index is 2.12. The van der Waals surface area contributed by atoms with Crippen LogP contribution in [0.25, 0.3) is 11.1 Å². The van der Waals surface area contributed by atoms with Crippen LogP contribution in [0.5, 0.6) is 0 Å². The highest BCUT2D eigenvalue weighted by atomic mass is 32.2. The maximum absolute atomic E-state index is 5.70. The van der Waals surface area contributed by atoms with Crippen LogP contribution in [0.4, 0.5) is 0 Å². The Morgan fingerprint density at radius 3 is 2.82 bits per heavy atom. The Hall–Kier alpha value is -1.00. The number of aromatic nitrogens is 1. The number of benzene rings is 1. The van der Waals surface area contributed by atoms with Gasteiger partial charge in [0, 0.05) is 11.3 Å². The van der Waals surface area contributed by atoms with Gasteiger partial charge in [0.05, 0.1) is 0 Å². The van der Waals surface area contributed by atoms with Crippen LogP contribution in [0.15, 0.2) is 33.9 Å². The predicted octanol–water partition coefficient (Wildman–Crippen LogP) is 3.31. The molecule has 0 bridgehead atoms. The van der Waals surface area contributed by atoms with Crippen molar-refractivity contribution in [3.8, 4) is 0 Å². The molecule has 1 aromatic carbocycles. The Morgan fingerprint density at radius 2 is 2.18 bits per heavy atom. The fourth-order valence-electron chi connectivity index (χ4n) is 1.91. The molecule has 92 valence electrons. The summed E-state index contributed by atoms with van der Waals surface area (Å²) in [7, 11) is 2.00. The average Bonchev–Trinajstić information content (AvgIpc) is 2.72. The number of thioether (sulfide) groups is 1. The van der Waals surface area contributed by atoms with Crippen molar-refractivity contribution in [2.75, 3.05) is 7.05 Å². The van der Waals surface area contributed by atoms with Crippen LogP contribution in [0.3, 0.4) is 0 Å². The topological polar surface area (TPSA) is 38.1 Å².